The van der Waals surface area contributed by atoms with E-state index in [9.17, 15) is 0 Å². The second-order valence-electron chi connectivity index (χ2n) is 5.89. The van der Waals surface area contributed by atoms with Gasteiger partial charge in [-0.1, -0.05) is 79.0 Å². The van der Waals surface area contributed by atoms with Crippen molar-refractivity contribution >= 4 is 23.1 Å². The number of methoxy groups -OCH3 is 1. The largest absolute Gasteiger partial charge is 0.496 e. The summed E-state index contributed by atoms with van der Waals surface area (Å²) in [5, 5.41) is 0. The summed E-state index contributed by atoms with van der Waals surface area (Å²) < 4.78 is 5.53. The smallest absolute Gasteiger partial charge is 0.132 e. The van der Waals surface area contributed by atoms with Crippen LogP contribution >= 0.6 is 11.8 Å². The van der Waals surface area contributed by atoms with Crippen molar-refractivity contribution in [1.82, 2.24) is 0 Å². The van der Waals surface area contributed by atoms with Crippen LogP contribution in [0.5, 0.6) is 5.75 Å². The average molecular weight is 386 g/mol. The molecule has 3 aromatic carbocycles. The van der Waals surface area contributed by atoms with Gasteiger partial charge in [0.05, 0.1) is 17.7 Å². The van der Waals surface area contributed by atoms with Gasteiger partial charge in [-0.15, -0.1) is 0 Å². The third-order valence-electron chi connectivity index (χ3n) is 4.04. The van der Waals surface area contributed by atoms with Crippen LogP contribution < -0.4 is 9.64 Å². The minimum atomic E-state index is 0.873. The predicted octanol–water partition coefficient (Wildman–Crippen LogP) is 7.24. The lowest BCUT2D eigenvalue weighted by Gasteiger charge is -2.23. The number of benzene rings is 3. The van der Waals surface area contributed by atoms with E-state index in [2.05, 4.69) is 60.1 Å². The van der Waals surface area contributed by atoms with Crippen LogP contribution in [-0.4, -0.2) is 7.11 Å². The van der Waals surface area contributed by atoms with E-state index in [1.807, 2.05) is 54.6 Å². The number of anilines is 2. The van der Waals surface area contributed by atoms with Gasteiger partial charge in [-0.2, -0.15) is 0 Å². The zero-order chi connectivity index (χ0) is 19.6. The molecule has 0 atom stereocenters. The zero-order valence-electron chi connectivity index (χ0n) is 15.9. The first-order valence-electron chi connectivity index (χ1n) is 9.03. The van der Waals surface area contributed by atoms with Gasteiger partial charge in [0, 0.05) is 16.8 Å². The second-order valence-corrected chi connectivity index (χ2v) is 6.97. The molecule has 0 aliphatic heterocycles. The van der Waals surface area contributed by atoms with Gasteiger partial charge in [-0.25, -0.2) is 0 Å². The number of hydrogen-bond acceptors (Lipinski definition) is 3. The topological polar surface area (TPSA) is 12.5 Å². The van der Waals surface area contributed by atoms with Crippen LogP contribution in [0.25, 0.3) is 0 Å². The lowest BCUT2D eigenvalue weighted by atomic mass is 10.2. The van der Waals surface area contributed by atoms with Crippen LogP contribution in [-0.2, 0) is 0 Å². The van der Waals surface area contributed by atoms with E-state index in [1.165, 1.54) is 0 Å². The van der Waals surface area contributed by atoms with Crippen LogP contribution in [0.2, 0.25) is 0 Å². The molecule has 0 amide bonds. The molecule has 0 aliphatic carbocycles. The zero-order valence-corrected chi connectivity index (χ0v) is 16.7. The molecule has 0 bridgehead atoms. The molecule has 3 heteroatoms. The van der Waals surface area contributed by atoms with Crippen LogP contribution in [0.15, 0.2) is 126 Å². The molecule has 3 aromatic rings. The molecule has 0 N–H and O–H groups in total. The van der Waals surface area contributed by atoms with Crippen LogP contribution in [0, 0.1) is 0 Å². The first-order valence-corrected chi connectivity index (χ1v) is 9.85. The van der Waals surface area contributed by atoms with Crippen molar-refractivity contribution in [3.63, 3.8) is 0 Å². The molecule has 0 saturated heterocycles. The first-order chi connectivity index (χ1) is 13.8. The Kier molecular flexibility index (Phi) is 7.16. The Morgan fingerprint density at radius 2 is 1.46 bits per heavy atom. The Bertz CT molecular complexity index is 963. The maximum absolute atomic E-state index is 5.53. The monoisotopic (exact) mass is 385 g/mol. The summed E-state index contributed by atoms with van der Waals surface area (Å²) in [7, 11) is 1.70. The average Bonchev–Trinajstić information content (AvgIpc) is 2.75. The minimum Gasteiger partial charge on any atom is -0.496 e. The fourth-order valence-corrected chi connectivity index (χ4v) is 3.79. The molecule has 0 fully saturated rings. The maximum atomic E-state index is 5.53. The molecular weight excluding hydrogens is 362 g/mol. The van der Waals surface area contributed by atoms with Crippen molar-refractivity contribution in [2.24, 2.45) is 0 Å². The second kappa shape index (κ2) is 10.2. The lowest BCUT2D eigenvalue weighted by molar-refractivity contribution is 0.405. The first kappa shape index (κ1) is 19.6. The number of para-hydroxylation sites is 3. The number of hydrogen-bond donors (Lipinski definition) is 0. The summed E-state index contributed by atoms with van der Waals surface area (Å²) >= 11 is 1.70. The number of ether oxygens (including phenoxy) is 1. The number of nitrogens with zero attached hydrogens (tertiary/aromatic N) is 1. The molecular formula is C25H23NOS. The Hall–Kier alpha value is -3.17. The van der Waals surface area contributed by atoms with Gasteiger partial charge in [0.1, 0.15) is 5.75 Å². The van der Waals surface area contributed by atoms with E-state index in [4.69, 9.17) is 4.74 Å². The number of allylic oxidation sites excluding steroid dienone is 4. The summed E-state index contributed by atoms with van der Waals surface area (Å²) in [6, 6.07) is 26.8. The minimum absolute atomic E-state index is 0.873. The van der Waals surface area contributed by atoms with Gasteiger partial charge >= 0.3 is 0 Å². The van der Waals surface area contributed by atoms with E-state index >= 15 is 0 Å². The third-order valence-corrected chi connectivity index (χ3v) is 5.16. The summed E-state index contributed by atoms with van der Waals surface area (Å²) in [6.07, 6.45) is 9.73. The quantitative estimate of drug-likeness (QED) is 0.379. The summed E-state index contributed by atoms with van der Waals surface area (Å²) in [5.74, 6) is 0.873. The van der Waals surface area contributed by atoms with Crippen LogP contribution in [0.4, 0.5) is 11.4 Å². The van der Waals surface area contributed by atoms with Gasteiger partial charge < -0.3 is 9.64 Å². The third kappa shape index (κ3) is 4.96. The normalized spacial score (nSPS) is 11.0. The molecule has 0 radical (unpaired) electrons. The van der Waals surface area contributed by atoms with Crippen LogP contribution in [0.1, 0.15) is 0 Å². The van der Waals surface area contributed by atoms with E-state index in [0.29, 0.717) is 0 Å². The van der Waals surface area contributed by atoms with Crippen molar-refractivity contribution in [2.75, 3.05) is 12.0 Å². The highest BCUT2D eigenvalue weighted by Gasteiger charge is 2.13. The fraction of sp³-hybridized carbons (Fsp3) is 0.0400. The van der Waals surface area contributed by atoms with Crippen molar-refractivity contribution in [3.05, 3.63) is 116 Å². The summed E-state index contributed by atoms with van der Waals surface area (Å²) in [4.78, 5) is 4.42. The van der Waals surface area contributed by atoms with E-state index in [0.717, 1.165) is 26.9 Å². The Morgan fingerprint density at radius 3 is 2.21 bits per heavy atom. The fourth-order valence-electron chi connectivity index (χ4n) is 2.74. The maximum Gasteiger partial charge on any atom is 0.132 e. The van der Waals surface area contributed by atoms with Crippen molar-refractivity contribution in [3.8, 4) is 5.75 Å². The lowest BCUT2D eigenvalue weighted by Crippen LogP contribution is -2.09. The van der Waals surface area contributed by atoms with Crippen molar-refractivity contribution < 1.29 is 4.74 Å². The van der Waals surface area contributed by atoms with E-state index < -0.39 is 0 Å². The SMILES string of the molecule is C=C/C=C\C=C\N(c1ccccc1)c1ccccc1Sc1ccccc1OC. The Labute approximate surface area is 171 Å². The Balaban J connectivity index is 2.02. The molecule has 2 nitrogen and oxygen atoms in total. The van der Waals surface area contributed by atoms with Gasteiger partial charge in [0.2, 0.25) is 0 Å². The highest BCUT2D eigenvalue weighted by molar-refractivity contribution is 7.99. The Morgan fingerprint density at radius 1 is 0.786 bits per heavy atom. The van der Waals surface area contributed by atoms with Gasteiger partial charge in [0.15, 0.2) is 0 Å². The highest BCUT2D eigenvalue weighted by atomic mass is 32.2. The summed E-state index contributed by atoms with van der Waals surface area (Å²) in [6.45, 7) is 3.72. The molecule has 0 unspecified atom stereocenters. The molecule has 0 aliphatic rings. The van der Waals surface area contributed by atoms with Crippen LogP contribution in [0.3, 0.4) is 0 Å². The van der Waals surface area contributed by atoms with Crippen molar-refractivity contribution in [1.29, 1.82) is 0 Å². The molecule has 0 spiro atoms. The van der Waals surface area contributed by atoms with E-state index in [-0.39, 0.29) is 0 Å². The molecule has 0 saturated carbocycles. The molecule has 28 heavy (non-hydrogen) atoms. The molecule has 0 aromatic heterocycles. The molecule has 140 valence electrons. The van der Waals surface area contributed by atoms with E-state index in [1.54, 1.807) is 24.9 Å². The highest BCUT2D eigenvalue weighted by Crippen LogP contribution is 2.41. The molecule has 3 rings (SSSR count). The van der Waals surface area contributed by atoms with Crippen molar-refractivity contribution in [2.45, 2.75) is 9.79 Å². The summed E-state index contributed by atoms with van der Waals surface area (Å²) in [5.41, 5.74) is 2.20. The van der Waals surface area contributed by atoms with Gasteiger partial charge in [-0.3, -0.25) is 0 Å². The number of rotatable bonds is 8. The standard InChI is InChI=1S/C25H23NOS/c1-3-4-5-13-20-26(21-14-7-6-8-15-21)22-16-9-11-18-24(22)28-25-19-12-10-17-23(25)27-2/h3-20H,1H2,2H3/b5-4-,20-13+. The van der Waals surface area contributed by atoms with Gasteiger partial charge in [-0.05, 0) is 42.5 Å². The molecule has 0 heterocycles. The predicted molar refractivity (Wildman–Crippen MR) is 121 cm³/mol. The van der Waals surface area contributed by atoms with Gasteiger partial charge in [0.25, 0.3) is 0 Å².